The number of benzene rings is 1. The normalized spacial score (nSPS) is 20.4. The molecule has 1 saturated heterocycles. The summed E-state index contributed by atoms with van der Waals surface area (Å²) < 4.78 is 49.3. The molecule has 0 bridgehead atoms. The molecule has 0 unspecified atom stereocenters. The molecule has 0 aromatic heterocycles. The van der Waals surface area contributed by atoms with E-state index in [0.717, 1.165) is 4.31 Å². The lowest BCUT2D eigenvalue weighted by Crippen LogP contribution is -2.34. The van der Waals surface area contributed by atoms with E-state index < -0.39 is 19.9 Å². The maximum Gasteiger partial charge on any atom is 0.246 e. The van der Waals surface area contributed by atoms with E-state index in [4.69, 9.17) is 17.3 Å². The molecule has 1 heterocycles. The van der Waals surface area contributed by atoms with Gasteiger partial charge in [0.2, 0.25) is 10.0 Å². The molecule has 0 spiro atoms. The topological polar surface area (TPSA) is 97.5 Å². The van der Waals surface area contributed by atoms with Crippen molar-refractivity contribution in [3.05, 3.63) is 23.2 Å². The van der Waals surface area contributed by atoms with Crippen molar-refractivity contribution in [1.82, 2.24) is 4.31 Å². The van der Waals surface area contributed by atoms with E-state index in [1.165, 1.54) is 12.1 Å². The highest BCUT2D eigenvalue weighted by molar-refractivity contribution is 7.91. The zero-order chi connectivity index (χ0) is 15.0. The van der Waals surface area contributed by atoms with E-state index in [0.29, 0.717) is 0 Å². The standard InChI is InChI=1S/C11H15ClN2O4S2/c12-9-3-1-4-10(13)11(9)20(17,18)14-5-2-7-19(15,16)8-6-14/h1,3-4H,2,5-8,13H2. The molecular weight excluding hydrogens is 324 g/mol. The first kappa shape index (κ1) is 15.6. The van der Waals surface area contributed by atoms with Crippen LogP contribution in [0.3, 0.4) is 0 Å². The molecule has 2 rings (SSSR count). The quantitative estimate of drug-likeness (QED) is 0.802. The predicted octanol–water partition coefficient (Wildman–Crippen LogP) is 0.731. The van der Waals surface area contributed by atoms with E-state index in [2.05, 4.69) is 0 Å². The highest BCUT2D eigenvalue weighted by atomic mass is 35.5. The SMILES string of the molecule is Nc1cccc(Cl)c1S(=O)(=O)N1CCCS(=O)(=O)CC1. The van der Waals surface area contributed by atoms with Gasteiger partial charge < -0.3 is 5.73 Å². The first-order chi connectivity index (χ1) is 9.24. The van der Waals surface area contributed by atoms with Crippen molar-refractivity contribution in [2.24, 2.45) is 0 Å². The monoisotopic (exact) mass is 338 g/mol. The Hall–Kier alpha value is -0.830. The maximum absolute atomic E-state index is 12.6. The summed E-state index contributed by atoms with van der Waals surface area (Å²) in [6, 6.07) is 4.45. The minimum atomic E-state index is -3.88. The number of halogens is 1. The molecule has 0 atom stereocenters. The molecule has 112 valence electrons. The van der Waals surface area contributed by atoms with Gasteiger partial charge in [-0.3, -0.25) is 0 Å². The Morgan fingerprint density at radius 3 is 2.55 bits per heavy atom. The van der Waals surface area contributed by atoms with Gasteiger partial charge in [-0.05, 0) is 18.6 Å². The number of hydrogen-bond donors (Lipinski definition) is 1. The minimum Gasteiger partial charge on any atom is -0.398 e. The molecule has 0 amide bonds. The number of anilines is 1. The Morgan fingerprint density at radius 1 is 1.20 bits per heavy atom. The number of rotatable bonds is 2. The number of nitrogens with zero attached hydrogens (tertiary/aromatic N) is 1. The first-order valence-corrected chi connectivity index (χ1v) is 9.62. The molecule has 0 aliphatic carbocycles. The third-order valence-electron chi connectivity index (χ3n) is 3.11. The van der Waals surface area contributed by atoms with Gasteiger partial charge >= 0.3 is 0 Å². The smallest absolute Gasteiger partial charge is 0.246 e. The van der Waals surface area contributed by atoms with Crippen LogP contribution in [0.5, 0.6) is 0 Å². The summed E-state index contributed by atoms with van der Waals surface area (Å²) >= 11 is 5.93. The van der Waals surface area contributed by atoms with Gasteiger partial charge in [-0.15, -0.1) is 0 Å². The lowest BCUT2D eigenvalue weighted by Gasteiger charge is -2.21. The van der Waals surface area contributed by atoms with Crippen molar-refractivity contribution in [3.8, 4) is 0 Å². The second kappa shape index (κ2) is 5.51. The summed E-state index contributed by atoms with van der Waals surface area (Å²) in [5.74, 6) is -0.187. The third-order valence-corrected chi connectivity index (χ3v) is 7.27. The second-order valence-electron chi connectivity index (χ2n) is 4.57. The number of nitrogen functional groups attached to an aromatic ring is 1. The van der Waals surface area contributed by atoms with Crippen LogP contribution in [0.15, 0.2) is 23.1 Å². The summed E-state index contributed by atoms with van der Waals surface area (Å²) in [6.07, 6.45) is 0.270. The first-order valence-electron chi connectivity index (χ1n) is 5.98. The highest BCUT2D eigenvalue weighted by Crippen LogP contribution is 2.30. The van der Waals surface area contributed by atoms with Crippen molar-refractivity contribution >= 4 is 37.1 Å². The number of nitrogens with two attached hydrogens (primary N) is 1. The van der Waals surface area contributed by atoms with Gasteiger partial charge in [-0.2, -0.15) is 4.31 Å². The zero-order valence-corrected chi connectivity index (χ0v) is 13.0. The largest absolute Gasteiger partial charge is 0.398 e. The van der Waals surface area contributed by atoms with Crippen LogP contribution in [0.4, 0.5) is 5.69 Å². The van der Waals surface area contributed by atoms with E-state index >= 15 is 0 Å². The summed E-state index contributed by atoms with van der Waals surface area (Å²) in [5.41, 5.74) is 5.76. The summed E-state index contributed by atoms with van der Waals surface area (Å²) in [4.78, 5) is -0.152. The van der Waals surface area contributed by atoms with Gasteiger partial charge in [-0.25, -0.2) is 16.8 Å². The molecule has 1 aliphatic heterocycles. The van der Waals surface area contributed by atoms with Gasteiger partial charge in [0.25, 0.3) is 0 Å². The van der Waals surface area contributed by atoms with E-state index in [9.17, 15) is 16.8 Å². The third kappa shape index (κ3) is 3.08. The summed E-state index contributed by atoms with van der Waals surface area (Å²) in [6.45, 7) is 0.0710. The Labute approximate surface area is 123 Å². The van der Waals surface area contributed by atoms with Crippen LogP contribution >= 0.6 is 11.6 Å². The number of sulfone groups is 1. The number of hydrogen-bond acceptors (Lipinski definition) is 5. The van der Waals surface area contributed by atoms with E-state index in [-0.39, 0.29) is 46.6 Å². The van der Waals surface area contributed by atoms with Crippen molar-refractivity contribution in [2.45, 2.75) is 11.3 Å². The van der Waals surface area contributed by atoms with Crippen LogP contribution < -0.4 is 5.73 Å². The van der Waals surface area contributed by atoms with Crippen LogP contribution in [-0.2, 0) is 19.9 Å². The predicted molar refractivity (Wildman–Crippen MR) is 77.9 cm³/mol. The number of sulfonamides is 1. The lowest BCUT2D eigenvalue weighted by atomic mass is 10.3. The molecule has 1 aromatic rings. The molecule has 2 N–H and O–H groups in total. The van der Waals surface area contributed by atoms with Gasteiger partial charge in [-0.1, -0.05) is 17.7 Å². The maximum atomic E-state index is 12.6. The van der Waals surface area contributed by atoms with Gasteiger partial charge in [0.05, 0.1) is 22.2 Å². The average molecular weight is 339 g/mol. The Morgan fingerprint density at radius 2 is 1.90 bits per heavy atom. The molecule has 9 heteroatoms. The van der Waals surface area contributed by atoms with Gasteiger partial charge in [0.15, 0.2) is 9.84 Å². The average Bonchev–Trinajstić information content (AvgIpc) is 2.50. The second-order valence-corrected chi connectivity index (χ2v) is 9.15. The van der Waals surface area contributed by atoms with Crippen LogP contribution in [0.2, 0.25) is 5.02 Å². The minimum absolute atomic E-state index is 0.00295. The fourth-order valence-corrected chi connectivity index (χ4v) is 5.58. The Bertz CT molecular complexity index is 696. The van der Waals surface area contributed by atoms with Crippen LogP contribution in [0.25, 0.3) is 0 Å². The van der Waals surface area contributed by atoms with E-state index in [1.54, 1.807) is 6.07 Å². The Balaban J connectivity index is 2.41. The van der Waals surface area contributed by atoms with Gasteiger partial charge in [0, 0.05) is 13.1 Å². The van der Waals surface area contributed by atoms with Crippen molar-refractivity contribution in [2.75, 3.05) is 30.3 Å². The van der Waals surface area contributed by atoms with Crippen LogP contribution in [-0.4, -0.2) is 45.7 Å². The fourth-order valence-electron chi connectivity index (χ4n) is 2.08. The molecule has 1 fully saturated rings. The molecular formula is C11H15ClN2O4S2. The van der Waals surface area contributed by atoms with Crippen molar-refractivity contribution in [3.63, 3.8) is 0 Å². The summed E-state index contributed by atoms with van der Waals surface area (Å²) in [5, 5.41) is 0.0390. The zero-order valence-electron chi connectivity index (χ0n) is 10.6. The molecule has 0 radical (unpaired) electrons. The van der Waals surface area contributed by atoms with Crippen molar-refractivity contribution in [1.29, 1.82) is 0 Å². The molecule has 20 heavy (non-hydrogen) atoms. The highest BCUT2D eigenvalue weighted by Gasteiger charge is 2.31. The lowest BCUT2D eigenvalue weighted by molar-refractivity contribution is 0.435. The fraction of sp³-hybridized carbons (Fsp3) is 0.455. The molecule has 1 aromatic carbocycles. The van der Waals surface area contributed by atoms with Gasteiger partial charge in [0.1, 0.15) is 4.90 Å². The van der Waals surface area contributed by atoms with E-state index in [1.807, 2.05) is 0 Å². The van der Waals surface area contributed by atoms with Crippen molar-refractivity contribution < 1.29 is 16.8 Å². The van der Waals surface area contributed by atoms with Crippen LogP contribution in [0.1, 0.15) is 6.42 Å². The Kier molecular flexibility index (Phi) is 4.29. The van der Waals surface area contributed by atoms with Crippen LogP contribution in [0, 0.1) is 0 Å². The molecule has 0 saturated carbocycles. The molecule has 6 nitrogen and oxygen atoms in total. The summed E-state index contributed by atoms with van der Waals surface area (Å²) in [7, 11) is -7.07. The molecule has 1 aliphatic rings.